The molecule has 1 rings (SSSR count). The lowest BCUT2D eigenvalue weighted by atomic mass is 10.2. The quantitative estimate of drug-likeness (QED) is 0.648. The molecule has 1 saturated heterocycles. The zero-order valence-electron chi connectivity index (χ0n) is 12.5. The molecule has 0 aromatic carbocycles. The van der Waals surface area contributed by atoms with E-state index >= 15 is 0 Å². The Labute approximate surface area is 122 Å². The van der Waals surface area contributed by atoms with Crippen molar-refractivity contribution in [3.05, 3.63) is 0 Å². The summed E-state index contributed by atoms with van der Waals surface area (Å²) in [6, 6.07) is 0. The third-order valence-electron chi connectivity index (χ3n) is 3.58. The minimum atomic E-state index is 0.260. The van der Waals surface area contributed by atoms with Gasteiger partial charge in [-0.05, 0) is 38.4 Å². The van der Waals surface area contributed by atoms with Crippen LogP contribution in [0.4, 0.5) is 0 Å². The minimum absolute atomic E-state index is 0.260. The standard InChI is InChI=1S/C14H29N3OS/c1-16-8-10-17(11-9-16)14(18)13-15-7-5-3-4-6-12-19-2/h15H,3-13H2,1-2H3. The zero-order chi connectivity index (χ0) is 13.9. The normalized spacial score (nSPS) is 16.8. The number of nitrogens with one attached hydrogen (secondary N) is 1. The molecule has 112 valence electrons. The highest BCUT2D eigenvalue weighted by Gasteiger charge is 2.17. The van der Waals surface area contributed by atoms with Crippen LogP contribution in [0.3, 0.4) is 0 Å². The van der Waals surface area contributed by atoms with E-state index in [9.17, 15) is 4.79 Å². The van der Waals surface area contributed by atoms with E-state index in [-0.39, 0.29) is 5.91 Å². The second-order valence-corrected chi connectivity index (χ2v) is 6.25. The van der Waals surface area contributed by atoms with Crippen molar-refractivity contribution in [2.45, 2.75) is 25.7 Å². The molecule has 0 aromatic rings. The van der Waals surface area contributed by atoms with Crippen molar-refractivity contribution in [3.63, 3.8) is 0 Å². The summed E-state index contributed by atoms with van der Waals surface area (Å²) in [5.41, 5.74) is 0. The molecule has 1 fully saturated rings. The van der Waals surface area contributed by atoms with Crippen LogP contribution in [0.15, 0.2) is 0 Å². The van der Waals surface area contributed by atoms with Crippen LogP contribution >= 0.6 is 11.8 Å². The van der Waals surface area contributed by atoms with E-state index < -0.39 is 0 Å². The number of piperazine rings is 1. The highest BCUT2D eigenvalue weighted by atomic mass is 32.2. The number of hydrogen-bond donors (Lipinski definition) is 1. The minimum Gasteiger partial charge on any atom is -0.339 e. The van der Waals surface area contributed by atoms with Crippen LogP contribution in [0.5, 0.6) is 0 Å². The number of nitrogens with zero attached hydrogens (tertiary/aromatic N) is 2. The van der Waals surface area contributed by atoms with Crippen LogP contribution in [0, 0.1) is 0 Å². The Kier molecular flexibility index (Phi) is 9.30. The number of hydrogen-bond acceptors (Lipinski definition) is 4. The fourth-order valence-corrected chi connectivity index (χ4v) is 2.71. The lowest BCUT2D eigenvalue weighted by Gasteiger charge is -2.32. The third-order valence-corrected chi connectivity index (χ3v) is 4.28. The number of rotatable bonds is 9. The summed E-state index contributed by atoms with van der Waals surface area (Å²) in [7, 11) is 2.11. The maximum atomic E-state index is 11.9. The summed E-state index contributed by atoms with van der Waals surface area (Å²) in [5, 5.41) is 3.27. The van der Waals surface area contributed by atoms with Crippen LogP contribution in [-0.4, -0.2) is 74.0 Å². The van der Waals surface area contributed by atoms with E-state index in [2.05, 4.69) is 23.5 Å². The van der Waals surface area contributed by atoms with Crippen molar-refractivity contribution >= 4 is 17.7 Å². The van der Waals surface area contributed by atoms with Gasteiger partial charge in [-0.1, -0.05) is 12.8 Å². The average molecular weight is 287 g/mol. The van der Waals surface area contributed by atoms with Gasteiger partial charge in [0.25, 0.3) is 0 Å². The maximum Gasteiger partial charge on any atom is 0.236 e. The highest BCUT2D eigenvalue weighted by Crippen LogP contribution is 2.04. The van der Waals surface area contributed by atoms with Crippen LogP contribution in [0.2, 0.25) is 0 Å². The highest BCUT2D eigenvalue weighted by molar-refractivity contribution is 7.98. The molecule has 4 nitrogen and oxygen atoms in total. The van der Waals surface area contributed by atoms with E-state index in [4.69, 9.17) is 0 Å². The molecule has 1 aliphatic rings. The molecule has 5 heteroatoms. The van der Waals surface area contributed by atoms with Gasteiger partial charge in [0.1, 0.15) is 0 Å². The SMILES string of the molecule is CSCCCCCCNCC(=O)N1CCN(C)CC1. The summed E-state index contributed by atoms with van der Waals surface area (Å²) in [6.07, 6.45) is 7.25. The van der Waals surface area contributed by atoms with Gasteiger partial charge in [0, 0.05) is 26.2 Å². The van der Waals surface area contributed by atoms with Crippen LogP contribution in [0.1, 0.15) is 25.7 Å². The Morgan fingerprint density at radius 3 is 2.47 bits per heavy atom. The molecule has 0 aromatic heterocycles. The second-order valence-electron chi connectivity index (χ2n) is 5.27. The lowest BCUT2D eigenvalue weighted by molar-refractivity contribution is -0.131. The largest absolute Gasteiger partial charge is 0.339 e. The maximum absolute atomic E-state index is 11.9. The zero-order valence-corrected chi connectivity index (χ0v) is 13.3. The molecule has 1 aliphatic heterocycles. The van der Waals surface area contributed by atoms with Gasteiger partial charge in [-0.15, -0.1) is 0 Å². The Balaban J connectivity index is 1.93. The van der Waals surface area contributed by atoms with Gasteiger partial charge < -0.3 is 15.1 Å². The van der Waals surface area contributed by atoms with Gasteiger partial charge in [0.2, 0.25) is 5.91 Å². The van der Waals surface area contributed by atoms with E-state index in [1.165, 1.54) is 31.4 Å². The van der Waals surface area contributed by atoms with Gasteiger partial charge in [0.15, 0.2) is 0 Å². The molecule has 0 aliphatic carbocycles. The first kappa shape index (κ1) is 16.8. The molecule has 0 saturated carbocycles. The van der Waals surface area contributed by atoms with Crippen LogP contribution in [-0.2, 0) is 4.79 Å². The van der Waals surface area contributed by atoms with Crippen molar-refractivity contribution in [2.24, 2.45) is 0 Å². The summed E-state index contributed by atoms with van der Waals surface area (Å²) in [4.78, 5) is 16.2. The van der Waals surface area contributed by atoms with Gasteiger partial charge in [-0.2, -0.15) is 11.8 Å². The molecule has 0 spiro atoms. The molecule has 0 bridgehead atoms. The van der Waals surface area contributed by atoms with Crippen molar-refractivity contribution in [3.8, 4) is 0 Å². The van der Waals surface area contributed by atoms with Gasteiger partial charge in [-0.3, -0.25) is 4.79 Å². The number of amides is 1. The van der Waals surface area contributed by atoms with Gasteiger partial charge in [-0.25, -0.2) is 0 Å². The lowest BCUT2D eigenvalue weighted by Crippen LogP contribution is -2.49. The molecular weight excluding hydrogens is 258 g/mol. The number of likely N-dealkylation sites (N-methyl/N-ethyl adjacent to an activating group) is 1. The van der Waals surface area contributed by atoms with Gasteiger partial charge >= 0.3 is 0 Å². The fourth-order valence-electron chi connectivity index (χ4n) is 2.21. The number of carbonyl (C=O) groups is 1. The fraction of sp³-hybridized carbons (Fsp3) is 0.929. The summed E-state index contributed by atoms with van der Waals surface area (Å²) >= 11 is 1.92. The molecule has 1 N–H and O–H groups in total. The summed E-state index contributed by atoms with van der Waals surface area (Å²) in [5.74, 6) is 1.53. The van der Waals surface area contributed by atoms with Crippen LogP contribution in [0.25, 0.3) is 0 Å². The molecule has 0 atom stereocenters. The Bertz CT molecular complexity index is 243. The predicted octanol–water partition coefficient (Wildman–Crippen LogP) is 1.27. The molecular formula is C14H29N3OS. The number of unbranched alkanes of at least 4 members (excludes halogenated alkanes) is 3. The number of carbonyl (C=O) groups excluding carboxylic acids is 1. The Hall–Kier alpha value is -0.260. The van der Waals surface area contributed by atoms with E-state index in [1.807, 2.05) is 16.7 Å². The molecule has 19 heavy (non-hydrogen) atoms. The van der Waals surface area contributed by atoms with Gasteiger partial charge in [0.05, 0.1) is 6.54 Å². The molecule has 1 amide bonds. The smallest absolute Gasteiger partial charge is 0.236 e. The molecule has 0 unspecified atom stereocenters. The Morgan fingerprint density at radius 2 is 1.79 bits per heavy atom. The first-order valence-electron chi connectivity index (χ1n) is 7.40. The van der Waals surface area contributed by atoms with E-state index in [0.29, 0.717) is 6.54 Å². The topological polar surface area (TPSA) is 35.6 Å². The third kappa shape index (κ3) is 7.80. The first-order chi connectivity index (χ1) is 9.24. The van der Waals surface area contributed by atoms with E-state index in [0.717, 1.165) is 32.7 Å². The average Bonchev–Trinajstić information content (AvgIpc) is 2.42. The summed E-state index contributed by atoms with van der Waals surface area (Å²) < 4.78 is 0. The van der Waals surface area contributed by atoms with Crippen molar-refractivity contribution in [1.82, 2.24) is 15.1 Å². The van der Waals surface area contributed by atoms with Crippen LogP contribution < -0.4 is 5.32 Å². The predicted molar refractivity (Wildman–Crippen MR) is 83.8 cm³/mol. The molecule has 1 heterocycles. The van der Waals surface area contributed by atoms with E-state index in [1.54, 1.807) is 0 Å². The summed E-state index contributed by atoms with van der Waals surface area (Å²) in [6.45, 7) is 5.24. The number of thioether (sulfide) groups is 1. The molecule has 0 radical (unpaired) electrons. The van der Waals surface area contributed by atoms with Crippen molar-refractivity contribution < 1.29 is 4.79 Å². The van der Waals surface area contributed by atoms with Crippen molar-refractivity contribution in [2.75, 3.05) is 58.3 Å². The second kappa shape index (κ2) is 10.5. The first-order valence-corrected chi connectivity index (χ1v) is 8.79. The Morgan fingerprint density at radius 1 is 1.11 bits per heavy atom. The van der Waals surface area contributed by atoms with Crippen molar-refractivity contribution in [1.29, 1.82) is 0 Å². The monoisotopic (exact) mass is 287 g/mol.